The first-order valence-electron chi connectivity index (χ1n) is 9.31. The molecular formula is C19H35N. The molecule has 0 heterocycles. The van der Waals surface area contributed by atoms with Crippen LogP contribution in [0.2, 0.25) is 0 Å². The van der Waals surface area contributed by atoms with Crippen molar-refractivity contribution < 1.29 is 0 Å². The molecule has 2 N–H and O–H groups in total. The molecule has 0 amide bonds. The van der Waals surface area contributed by atoms with Crippen molar-refractivity contribution in [3.05, 3.63) is 11.6 Å². The Morgan fingerprint density at radius 3 is 2.20 bits per heavy atom. The van der Waals surface area contributed by atoms with E-state index in [0.29, 0.717) is 0 Å². The van der Waals surface area contributed by atoms with E-state index in [-0.39, 0.29) is 0 Å². The summed E-state index contributed by atoms with van der Waals surface area (Å²) in [4.78, 5) is 0. The summed E-state index contributed by atoms with van der Waals surface area (Å²) in [5.41, 5.74) is 7.84. The predicted molar refractivity (Wildman–Crippen MR) is 88.8 cm³/mol. The van der Waals surface area contributed by atoms with Crippen molar-refractivity contribution in [3.8, 4) is 0 Å². The Morgan fingerprint density at radius 2 is 1.45 bits per heavy atom. The quantitative estimate of drug-likeness (QED) is 0.654. The molecule has 0 radical (unpaired) electrons. The van der Waals surface area contributed by atoms with Crippen molar-refractivity contribution in [2.45, 2.75) is 89.9 Å². The van der Waals surface area contributed by atoms with Gasteiger partial charge in [-0.1, -0.05) is 63.0 Å². The molecule has 0 spiro atoms. The fourth-order valence-electron chi connectivity index (χ4n) is 4.24. The second kappa shape index (κ2) is 9.60. The average molecular weight is 277 g/mol. The molecule has 0 bridgehead atoms. The van der Waals surface area contributed by atoms with Crippen molar-refractivity contribution >= 4 is 0 Å². The lowest BCUT2D eigenvalue weighted by Crippen LogP contribution is -2.28. The molecule has 0 aliphatic heterocycles. The highest BCUT2D eigenvalue weighted by molar-refractivity contribution is 5.10. The van der Waals surface area contributed by atoms with Gasteiger partial charge in [0, 0.05) is 0 Å². The van der Waals surface area contributed by atoms with Gasteiger partial charge in [-0.05, 0) is 56.9 Å². The van der Waals surface area contributed by atoms with Crippen LogP contribution in [0.3, 0.4) is 0 Å². The number of rotatable bonds is 2. The summed E-state index contributed by atoms with van der Waals surface area (Å²) >= 11 is 0. The van der Waals surface area contributed by atoms with Crippen LogP contribution in [-0.2, 0) is 0 Å². The van der Waals surface area contributed by atoms with E-state index >= 15 is 0 Å². The second-order valence-corrected chi connectivity index (χ2v) is 7.03. The fraction of sp³-hybridized carbons (Fsp3) is 0.895. The van der Waals surface area contributed by atoms with E-state index in [4.69, 9.17) is 5.73 Å². The Bertz CT molecular complexity index is 281. The summed E-state index contributed by atoms with van der Waals surface area (Å²) in [6.07, 6.45) is 22.5. The monoisotopic (exact) mass is 277 g/mol. The normalized spacial score (nSPS) is 33.5. The van der Waals surface area contributed by atoms with Crippen LogP contribution in [0.25, 0.3) is 0 Å². The summed E-state index contributed by atoms with van der Waals surface area (Å²) < 4.78 is 0. The Hall–Kier alpha value is -0.300. The van der Waals surface area contributed by atoms with Crippen LogP contribution in [0.15, 0.2) is 11.6 Å². The van der Waals surface area contributed by atoms with E-state index in [1.54, 1.807) is 5.57 Å². The molecule has 2 rings (SSSR count). The molecule has 1 fully saturated rings. The van der Waals surface area contributed by atoms with Crippen LogP contribution < -0.4 is 5.73 Å². The number of hydrogen-bond donors (Lipinski definition) is 1. The maximum atomic E-state index is 6.04. The van der Waals surface area contributed by atoms with Crippen LogP contribution in [0, 0.1) is 11.8 Å². The Morgan fingerprint density at radius 1 is 0.800 bits per heavy atom. The van der Waals surface area contributed by atoms with Crippen molar-refractivity contribution in [3.63, 3.8) is 0 Å². The van der Waals surface area contributed by atoms with Crippen molar-refractivity contribution in [1.82, 2.24) is 0 Å². The van der Waals surface area contributed by atoms with Gasteiger partial charge < -0.3 is 5.73 Å². The molecule has 0 aromatic carbocycles. The third-order valence-electron chi connectivity index (χ3n) is 5.51. The predicted octanol–water partition coefficient (Wildman–Crippen LogP) is 5.59. The van der Waals surface area contributed by atoms with E-state index in [0.717, 1.165) is 18.4 Å². The van der Waals surface area contributed by atoms with Crippen molar-refractivity contribution in [1.29, 1.82) is 0 Å². The molecule has 1 heteroatoms. The minimum Gasteiger partial charge on any atom is -0.330 e. The molecule has 2 aliphatic carbocycles. The third kappa shape index (κ3) is 5.24. The summed E-state index contributed by atoms with van der Waals surface area (Å²) in [7, 11) is 0. The SMILES string of the molecule is NCC1CCCCC1/C1=C/CCCCCCCCCC1. The molecule has 1 saturated carbocycles. The summed E-state index contributed by atoms with van der Waals surface area (Å²) in [5, 5.41) is 0. The largest absolute Gasteiger partial charge is 0.330 e. The number of hydrogen-bond acceptors (Lipinski definition) is 1. The Balaban J connectivity index is 1.95. The van der Waals surface area contributed by atoms with Gasteiger partial charge in [0.1, 0.15) is 0 Å². The van der Waals surface area contributed by atoms with E-state index in [9.17, 15) is 0 Å². The van der Waals surface area contributed by atoms with Crippen molar-refractivity contribution in [2.24, 2.45) is 17.6 Å². The zero-order chi connectivity index (χ0) is 14.0. The molecule has 2 unspecified atom stereocenters. The van der Waals surface area contributed by atoms with Crippen LogP contribution in [0.1, 0.15) is 89.9 Å². The molecule has 1 nitrogen and oxygen atoms in total. The highest BCUT2D eigenvalue weighted by atomic mass is 14.6. The molecule has 20 heavy (non-hydrogen) atoms. The first-order valence-corrected chi connectivity index (χ1v) is 9.31. The molecule has 0 aromatic rings. The van der Waals surface area contributed by atoms with Crippen LogP contribution >= 0.6 is 0 Å². The lowest BCUT2D eigenvalue weighted by molar-refractivity contribution is 0.272. The number of allylic oxidation sites excluding steroid dienone is 2. The summed E-state index contributed by atoms with van der Waals surface area (Å²) in [5.74, 6) is 1.61. The van der Waals surface area contributed by atoms with Crippen molar-refractivity contribution in [2.75, 3.05) is 6.54 Å². The van der Waals surface area contributed by atoms with Crippen LogP contribution in [-0.4, -0.2) is 6.54 Å². The zero-order valence-corrected chi connectivity index (χ0v) is 13.4. The van der Waals surface area contributed by atoms with Gasteiger partial charge >= 0.3 is 0 Å². The lowest BCUT2D eigenvalue weighted by Gasteiger charge is -2.33. The van der Waals surface area contributed by atoms with Gasteiger partial charge in [-0.3, -0.25) is 0 Å². The van der Waals surface area contributed by atoms with Gasteiger partial charge in [0.2, 0.25) is 0 Å². The van der Waals surface area contributed by atoms with E-state index in [1.165, 1.54) is 89.9 Å². The number of nitrogens with two attached hydrogens (primary N) is 1. The molecular weight excluding hydrogens is 242 g/mol. The van der Waals surface area contributed by atoms with Crippen LogP contribution in [0.5, 0.6) is 0 Å². The van der Waals surface area contributed by atoms with Crippen LogP contribution in [0.4, 0.5) is 0 Å². The minimum atomic E-state index is 0.780. The minimum absolute atomic E-state index is 0.780. The topological polar surface area (TPSA) is 26.0 Å². The zero-order valence-electron chi connectivity index (χ0n) is 13.4. The highest BCUT2D eigenvalue weighted by Gasteiger charge is 2.26. The molecule has 0 aromatic heterocycles. The van der Waals surface area contributed by atoms with Gasteiger partial charge in [-0.25, -0.2) is 0 Å². The standard InChI is InChI=1S/C19H35N/c20-16-18-14-10-11-15-19(18)17-12-8-6-4-2-1-3-5-7-9-13-17/h12,18-19H,1-11,13-16,20H2/b17-12+. The first kappa shape index (κ1) is 16.1. The smallest absolute Gasteiger partial charge is 0.00431 e. The third-order valence-corrected chi connectivity index (χ3v) is 5.51. The molecule has 2 aliphatic rings. The van der Waals surface area contributed by atoms with Gasteiger partial charge in [0.15, 0.2) is 0 Å². The molecule has 0 saturated heterocycles. The maximum Gasteiger partial charge on any atom is -0.00431 e. The second-order valence-electron chi connectivity index (χ2n) is 7.03. The molecule has 116 valence electrons. The highest BCUT2D eigenvalue weighted by Crippen LogP contribution is 2.37. The maximum absolute atomic E-state index is 6.04. The van der Waals surface area contributed by atoms with Gasteiger partial charge in [0.05, 0.1) is 0 Å². The van der Waals surface area contributed by atoms with E-state index in [1.807, 2.05) is 0 Å². The van der Waals surface area contributed by atoms with Gasteiger partial charge in [-0.2, -0.15) is 0 Å². The van der Waals surface area contributed by atoms with Gasteiger partial charge in [-0.15, -0.1) is 0 Å². The first-order chi connectivity index (χ1) is 9.92. The summed E-state index contributed by atoms with van der Waals surface area (Å²) in [6.45, 7) is 0.905. The lowest BCUT2D eigenvalue weighted by atomic mass is 9.73. The van der Waals surface area contributed by atoms with E-state index in [2.05, 4.69) is 6.08 Å². The summed E-state index contributed by atoms with van der Waals surface area (Å²) in [6, 6.07) is 0. The van der Waals surface area contributed by atoms with E-state index < -0.39 is 0 Å². The fourth-order valence-corrected chi connectivity index (χ4v) is 4.24. The average Bonchev–Trinajstić information content (AvgIpc) is 2.48. The Kier molecular flexibility index (Phi) is 7.72. The van der Waals surface area contributed by atoms with Gasteiger partial charge in [0.25, 0.3) is 0 Å². The Labute approximate surface area is 126 Å². The molecule has 2 atom stereocenters.